The summed E-state index contributed by atoms with van der Waals surface area (Å²) >= 11 is 3.49. The molecule has 0 amide bonds. The average Bonchev–Trinajstić information content (AvgIpc) is 2.86. The first-order chi connectivity index (χ1) is 17.1. The summed E-state index contributed by atoms with van der Waals surface area (Å²) in [6.07, 6.45) is 2.36. The second kappa shape index (κ2) is 12.7. The molecule has 0 aliphatic carbocycles. The van der Waals surface area contributed by atoms with Crippen LogP contribution >= 0.6 is 15.9 Å². The van der Waals surface area contributed by atoms with Gasteiger partial charge in [-0.1, -0.05) is 22.0 Å². The van der Waals surface area contributed by atoms with Gasteiger partial charge in [0.1, 0.15) is 12.1 Å². The van der Waals surface area contributed by atoms with Crippen LogP contribution in [0.4, 0.5) is 11.5 Å². The number of fused-ring (bicyclic) bond motifs is 1. The predicted octanol–water partition coefficient (Wildman–Crippen LogP) is 4.18. The van der Waals surface area contributed by atoms with Crippen molar-refractivity contribution in [3.63, 3.8) is 0 Å². The summed E-state index contributed by atoms with van der Waals surface area (Å²) < 4.78 is 23.3. The Morgan fingerprint density at radius 1 is 1.14 bits per heavy atom. The molecule has 1 fully saturated rings. The number of ether oxygens (including phenoxy) is 4. The zero-order valence-electron chi connectivity index (χ0n) is 19.7. The number of nitrogens with zero attached hydrogens (tertiary/aromatic N) is 3. The van der Waals surface area contributed by atoms with E-state index in [0.717, 1.165) is 54.8 Å². The molecule has 4 rings (SSSR count). The van der Waals surface area contributed by atoms with E-state index >= 15 is 0 Å². The van der Waals surface area contributed by atoms with Crippen molar-refractivity contribution in [1.29, 1.82) is 0 Å². The van der Waals surface area contributed by atoms with E-state index in [1.165, 1.54) is 6.33 Å². The molecule has 3 aromatic rings. The number of morpholine rings is 1. The lowest BCUT2D eigenvalue weighted by molar-refractivity contribution is -0.145. The number of carbonyl (C=O) groups is 1. The zero-order chi connectivity index (χ0) is 24.5. The molecule has 9 nitrogen and oxygen atoms in total. The predicted molar refractivity (Wildman–Crippen MR) is 136 cm³/mol. The Kier molecular flexibility index (Phi) is 9.10. The topological polar surface area (TPSA) is 95.0 Å². The number of benzene rings is 2. The van der Waals surface area contributed by atoms with E-state index in [2.05, 4.69) is 36.1 Å². The summed E-state index contributed by atoms with van der Waals surface area (Å²) in [7, 11) is 0. The van der Waals surface area contributed by atoms with Gasteiger partial charge >= 0.3 is 5.97 Å². The van der Waals surface area contributed by atoms with E-state index in [1.807, 2.05) is 30.3 Å². The van der Waals surface area contributed by atoms with Crippen molar-refractivity contribution in [3.05, 3.63) is 47.2 Å². The van der Waals surface area contributed by atoms with Crippen molar-refractivity contribution in [2.45, 2.75) is 13.3 Å². The summed E-state index contributed by atoms with van der Waals surface area (Å²) in [5.41, 5.74) is 1.57. The minimum Gasteiger partial charge on any atom is -0.490 e. The van der Waals surface area contributed by atoms with Gasteiger partial charge in [0.2, 0.25) is 0 Å². The zero-order valence-corrected chi connectivity index (χ0v) is 21.3. The number of aromatic nitrogens is 2. The maximum absolute atomic E-state index is 11.9. The van der Waals surface area contributed by atoms with Crippen LogP contribution < -0.4 is 14.8 Å². The molecule has 2 aromatic carbocycles. The van der Waals surface area contributed by atoms with Crippen molar-refractivity contribution in [3.8, 4) is 11.5 Å². The Balaban J connectivity index is 1.53. The van der Waals surface area contributed by atoms with E-state index in [1.54, 1.807) is 13.0 Å². The van der Waals surface area contributed by atoms with E-state index in [4.69, 9.17) is 18.9 Å². The van der Waals surface area contributed by atoms with Crippen molar-refractivity contribution < 1.29 is 23.7 Å². The molecular weight excluding hydrogens is 516 g/mol. The number of hydrogen-bond acceptors (Lipinski definition) is 9. The Labute approximate surface area is 212 Å². The molecule has 35 heavy (non-hydrogen) atoms. The van der Waals surface area contributed by atoms with Gasteiger partial charge in [0.15, 0.2) is 18.1 Å². The molecule has 0 atom stereocenters. The number of anilines is 2. The molecule has 0 saturated carbocycles. The SMILES string of the molecule is CCOC(=O)COc1cc2c(Nc3cccc(Br)c3)ncnc2cc1OCCCN1CCOCC1. The highest BCUT2D eigenvalue weighted by Gasteiger charge is 2.15. The van der Waals surface area contributed by atoms with Crippen molar-refractivity contribution in [2.24, 2.45) is 0 Å². The summed E-state index contributed by atoms with van der Waals surface area (Å²) in [6, 6.07) is 11.4. The van der Waals surface area contributed by atoms with Gasteiger partial charge in [-0.15, -0.1) is 0 Å². The molecule has 2 heterocycles. The third-order valence-electron chi connectivity index (χ3n) is 5.42. The fourth-order valence-electron chi connectivity index (χ4n) is 3.73. The van der Waals surface area contributed by atoms with E-state index in [0.29, 0.717) is 36.0 Å². The second-order valence-electron chi connectivity index (χ2n) is 7.92. The van der Waals surface area contributed by atoms with Gasteiger partial charge in [-0.05, 0) is 37.6 Å². The Bertz CT molecular complexity index is 1140. The molecule has 1 aliphatic heterocycles. The van der Waals surface area contributed by atoms with E-state index in [-0.39, 0.29) is 6.61 Å². The molecule has 1 aromatic heterocycles. The average molecular weight is 545 g/mol. The standard InChI is InChI=1S/C25H29BrN4O5/c1-2-33-24(31)16-35-22-14-20-21(15-23(22)34-10-4-7-30-8-11-32-12-9-30)27-17-28-25(20)29-19-6-3-5-18(26)13-19/h3,5-6,13-15,17H,2,4,7-12,16H2,1H3,(H,27,28,29). The molecular formula is C25H29BrN4O5. The lowest BCUT2D eigenvalue weighted by Crippen LogP contribution is -2.37. The fourth-order valence-corrected chi connectivity index (χ4v) is 4.13. The van der Waals surface area contributed by atoms with Gasteiger partial charge in [-0.3, -0.25) is 4.90 Å². The third kappa shape index (κ3) is 7.27. The first-order valence-electron chi connectivity index (χ1n) is 11.6. The van der Waals surface area contributed by atoms with E-state index in [9.17, 15) is 4.79 Å². The van der Waals surface area contributed by atoms with Crippen LogP contribution in [0.15, 0.2) is 47.2 Å². The quantitative estimate of drug-likeness (QED) is 0.281. The first kappa shape index (κ1) is 25.2. The minimum atomic E-state index is -0.442. The van der Waals surface area contributed by atoms with Crippen molar-refractivity contribution in [2.75, 3.05) is 58.0 Å². The smallest absolute Gasteiger partial charge is 0.344 e. The van der Waals surface area contributed by atoms with Crippen LogP contribution in [0, 0.1) is 0 Å². The van der Waals surface area contributed by atoms with Crippen LogP contribution in [0.2, 0.25) is 0 Å². The molecule has 1 saturated heterocycles. The van der Waals surface area contributed by atoms with Crippen LogP contribution in [0.3, 0.4) is 0 Å². The number of nitrogens with one attached hydrogen (secondary N) is 1. The van der Waals surface area contributed by atoms with Crippen LogP contribution in [-0.2, 0) is 14.3 Å². The van der Waals surface area contributed by atoms with Crippen LogP contribution in [0.1, 0.15) is 13.3 Å². The number of rotatable bonds is 11. The van der Waals surface area contributed by atoms with Gasteiger partial charge in [-0.2, -0.15) is 0 Å². The molecule has 186 valence electrons. The monoisotopic (exact) mass is 544 g/mol. The third-order valence-corrected chi connectivity index (χ3v) is 5.91. The Morgan fingerprint density at radius 3 is 2.77 bits per heavy atom. The maximum atomic E-state index is 11.9. The number of hydrogen-bond donors (Lipinski definition) is 1. The fraction of sp³-hybridized carbons (Fsp3) is 0.400. The lowest BCUT2D eigenvalue weighted by Gasteiger charge is -2.26. The molecule has 0 spiro atoms. The molecule has 10 heteroatoms. The number of halogens is 1. The van der Waals surface area contributed by atoms with Gasteiger partial charge in [0.05, 0.1) is 31.9 Å². The van der Waals surface area contributed by atoms with Crippen LogP contribution in [-0.4, -0.2) is 73.5 Å². The summed E-state index contributed by atoms with van der Waals surface area (Å²) in [6.45, 7) is 6.69. The van der Waals surface area contributed by atoms with Gasteiger partial charge < -0.3 is 24.3 Å². The Morgan fingerprint density at radius 2 is 1.97 bits per heavy atom. The first-order valence-corrected chi connectivity index (χ1v) is 12.4. The maximum Gasteiger partial charge on any atom is 0.344 e. The number of carbonyl (C=O) groups excluding carboxylic acids is 1. The highest BCUT2D eigenvalue weighted by Crippen LogP contribution is 2.35. The molecule has 0 unspecified atom stereocenters. The molecule has 0 radical (unpaired) electrons. The second-order valence-corrected chi connectivity index (χ2v) is 8.84. The summed E-state index contributed by atoms with van der Waals surface area (Å²) in [5, 5.41) is 4.07. The van der Waals surface area contributed by atoms with Crippen LogP contribution in [0.25, 0.3) is 10.9 Å². The molecule has 0 bridgehead atoms. The normalized spacial score (nSPS) is 14.0. The lowest BCUT2D eigenvalue weighted by atomic mass is 10.2. The highest BCUT2D eigenvalue weighted by molar-refractivity contribution is 9.10. The van der Waals surface area contributed by atoms with Gasteiger partial charge in [0, 0.05) is 41.2 Å². The minimum absolute atomic E-state index is 0.217. The summed E-state index contributed by atoms with van der Waals surface area (Å²) in [4.78, 5) is 23.1. The van der Waals surface area contributed by atoms with Crippen molar-refractivity contribution >= 4 is 44.3 Å². The van der Waals surface area contributed by atoms with Crippen molar-refractivity contribution in [1.82, 2.24) is 14.9 Å². The van der Waals surface area contributed by atoms with E-state index < -0.39 is 5.97 Å². The molecule has 1 N–H and O–H groups in total. The summed E-state index contributed by atoms with van der Waals surface area (Å²) in [5.74, 6) is 1.13. The number of esters is 1. The Hall–Kier alpha value is -2.95. The largest absolute Gasteiger partial charge is 0.490 e. The van der Waals surface area contributed by atoms with Crippen LogP contribution in [0.5, 0.6) is 11.5 Å². The highest BCUT2D eigenvalue weighted by atomic mass is 79.9. The molecule has 1 aliphatic rings. The van der Waals surface area contributed by atoms with Gasteiger partial charge in [0.25, 0.3) is 0 Å². The van der Waals surface area contributed by atoms with Gasteiger partial charge in [-0.25, -0.2) is 14.8 Å².